The zero-order valence-electron chi connectivity index (χ0n) is 15.1. The summed E-state index contributed by atoms with van der Waals surface area (Å²) < 4.78 is 0. The number of aliphatic imine (C=N–C) groups is 1. The maximum atomic E-state index is 10.5. The van der Waals surface area contributed by atoms with Gasteiger partial charge < -0.3 is 15.5 Å². The Morgan fingerprint density at radius 3 is 1.77 bits per heavy atom. The van der Waals surface area contributed by atoms with Gasteiger partial charge in [-0.05, 0) is 33.6 Å². The Bertz CT molecular complexity index is 584. The molecule has 0 aromatic rings. The van der Waals surface area contributed by atoms with Gasteiger partial charge >= 0.3 is 11.9 Å². The van der Waals surface area contributed by atoms with E-state index in [2.05, 4.69) is 27.5 Å². The molecule has 0 spiro atoms. The number of carboxylic acids is 2. The lowest BCUT2D eigenvalue weighted by molar-refractivity contribution is -0.138. The SMILES string of the molecule is CC(C#N)(CCC(=O)O)N=NC(C)(C#N)CCC(=O)O.CC1CN=CN1. The van der Waals surface area contributed by atoms with Crippen LogP contribution in [0, 0.1) is 22.7 Å². The Morgan fingerprint density at radius 1 is 1.15 bits per heavy atom. The number of aliphatic carboxylic acids is 2. The number of rotatable bonds is 8. The minimum atomic E-state index is -1.35. The first-order chi connectivity index (χ1) is 12.1. The molecular weight excluding hydrogens is 340 g/mol. The van der Waals surface area contributed by atoms with Crippen LogP contribution in [0.25, 0.3) is 0 Å². The van der Waals surface area contributed by atoms with Crippen molar-refractivity contribution in [2.45, 2.75) is 63.6 Å². The molecule has 0 saturated heterocycles. The quantitative estimate of drug-likeness (QED) is 0.550. The molecule has 0 saturated carbocycles. The molecule has 142 valence electrons. The van der Waals surface area contributed by atoms with Crippen LogP contribution in [0.5, 0.6) is 0 Å². The van der Waals surface area contributed by atoms with Gasteiger partial charge in [0.05, 0.1) is 25.0 Å². The Labute approximate surface area is 152 Å². The Hall–Kier alpha value is -3.01. The highest BCUT2D eigenvalue weighted by Gasteiger charge is 2.29. The molecule has 1 rings (SSSR count). The summed E-state index contributed by atoms with van der Waals surface area (Å²) in [6.07, 6.45) is 1.18. The second-order valence-electron chi connectivity index (χ2n) is 6.32. The number of carbonyl (C=O) groups is 2. The topological polar surface area (TPSA) is 171 Å². The summed E-state index contributed by atoms with van der Waals surface area (Å²) in [5, 5.41) is 45.7. The molecule has 0 amide bonds. The van der Waals surface area contributed by atoms with Gasteiger partial charge in [-0.25, -0.2) is 0 Å². The van der Waals surface area contributed by atoms with Crippen LogP contribution in [0.1, 0.15) is 46.5 Å². The number of nitrogens with one attached hydrogen (secondary N) is 1. The third-order valence-electron chi connectivity index (χ3n) is 3.45. The molecule has 10 heteroatoms. The fourth-order valence-corrected chi connectivity index (χ4v) is 1.62. The van der Waals surface area contributed by atoms with Crippen molar-refractivity contribution in [3.63, 3.8) is 0 Å². The lowest BCUT2D eigenvalue weighted by Gasteiger charge is -2.18. The first-order valence-electron chi connectivity index (χ1n) is 8.00. The summed E-state index contributed by atoms with van der Waals surface area (Å²) in [6.45, 7) is 5.87. The van der Waals surface area contributed by atoms with Gasteiger partial charge in [-0.15, -0.1) is 0 Å². The summed E-state index contributed by atoms with van der Waals surface area (Å²) in [4.78, 5) is 24.9. The molecule has 0 aromatic carbocycles. The van der Waals surface area contributed by atoms with Gasteiger partial charge in [0.2, 0.25) is 0 Å². The standard InChI is InChI=1S/C12H16N4O4.C4H8N2/c1-11(7-13,5-3-9(17)18)15-16-12(2,8-14)6-4-10(19)20;1-4-2-5-3-6-4/h3-6H2,1-2H3,(H,17,18)(H,19,20);3-4H,2H2,1H3,(H,5,6). The largest absolute Gasteiger partial charge is 0.481 e. The van der Waals surface area contributed by atoms with Gasteiger partial charge in [0.15, 0.2) is 11.1 Å². The fraction of sp³-hybridized carbons (Fsp3) is 0.688. The highest BCUT2D eigenvalue weighted by Crippen LogP contribution is 2.23. The number of azo groups is 1. The number of nitriles is 2. The Balaban J connectivity index is 0.000000867. The second kappa shape index (κ2) is 10.8. The van der Waals surface area contributed by atoms with Crippen LogP contribution >= 0.6 is 0 Å². The second-order valence-corrected chi connectivity index (χ2v) is 6.32. The van der Waals surface area contributed by atoms with Crippen molar-refractivity contribution in [2.75, 3.05) is 6.54 Å². The van der Waals surface area contributed by atoms with Crippen molar-refractivity contribution in [3.8, 4) is 12.1 Å². The number of hydrogen-bond acceptors (Lipinski definition) is 8. The van der Waals surface area contributed by atoms with Crippen molar-refractivity contribution in [1.82, 2.24) is 5.32 Å². The molecule has 0 aromatic heterocycles. The van der Waals surface area contributed by atoms with E-state index in [-0.39, 0.29) is 25.7 Å². The average Bonchev–Trinajstić information content (AvgIpc) is 3.08. The maximum Gasteiger partial charge on any atom is 0.303 e. The molecule has 0 fully saturated rings. The third kappa shape index (κ3) is 9.98. The first-order valence-corrected chi connectivity index (χ1v) is 8.00. The van der Waals surface area contributed by atoms with Crippen LogP contribution < -0.4 is 5.32 Å². The smallest absolute Gasteiger partial charge is 0.303 e. The van der Waals surface area contributed by atoms with Crippen molar-refractivity contribution >= 4 is 18.3 Å². The van der Waals surface area contributed by atoms with E-state index < -0.39 is 23.0 Å². The number of hydrogen-bond donors (Lipinski definition) is 3. The van der Waals surface area contributed by atoms with Crippen molar-refractivity contribution in [3.05, 3.63) is 0 Å². The molecule has 3 atom stereocenters. The number of nitrogens with zero attached hydrogens (tertiary/aromatic N) is 5. The highest BCUT2D eigenvalue weighted by molar-refractivity contribution is 5.67. The van der Waals surface area contributed by atoms with Gasteiger partial charge in [0, 0.05) is 18.9 Å². The van der Waals surface area contributed by atoms with E-state index >= 15 is 0 Å². The van der Waals surface area contributed by atoms with E-state index in [4.69, 9.17) is 20.7 Å². The normalized spacial score (nSPS) is 19.8. The van der Waals surface area contributed by atoms with Crippen LogP contribution in [0.4, 0.5) is 0 Å². The van der Waals surface area contributed by atoms with Gasteiger partial charge in [-0.1, -0.05) is 0 Å². The first kappa shape index (κ1) is 23.0. The van der Waals surface area contributed by atoms with Crippen molar-refractivity contribution in [1.29, 1.82) is 10.5 Å². The molecule has 26 heavy (non-hydrogen) atoms. The summed E-state index contributed by atoms with van der Waals surface area (Å²) in [5.74, 6) is -2.12. The maximum absolute atomic E-state index is 10.5. The van der Waals surface area contributed by atoms with Crippen molar-refractivity contribution < 1.29 is 19.8 Å². The molecule has 1 aliphatic rings. The molecule has 3 unspecified atom stereocenters. The Kier molecular flexibility index (Phi) is 9.52. The summed E-state index contributed by atoms with van der Waals surface area (Å²) in [5.41, 5.74) is -2.69. The minimum Gasteiger partial charge on any atom is -0.481 e. The van der Waals surface area contributed by atoms with E-state index in [0.717, 1.165) is 6.54 Å². The summed E-state index contributed by atoms with van der Waals surface area (Å²) >= 11 is 0. The van der Waals surface area contributed by atoms with Crippen LogP contribution in [0.15, 0.2) is 15.2 Å². The molecular formula is C16H24N6O4. The monoisotopic (exact) mass is 364 g/mol. The predicted octanol–water partition coefficient (Wildman–Crippen LogP) is 1.74. The van der Waals surface area contributed by atoms with E-state index in [1.807, 2.05) is 12.1 Å². The van der Waals surface area contributed by atoms with Crippen LogP contribution in [0.2, 0.25) is 0 Å². The zero-order chi connectivity index (χ0) is 20.2. The zero-order valence-corrected chi connectivity index (χ0v) is 15.1. The van der Waals surface area contributed by atoms with Gasteiger partial charge in [0.25, 0.3) is 0 Å². The van der Waals surface area contributed by atoms with Crippen LogP contribution in [-0.2, 0) is 9.59 Å². The van der Waals surface area contributed by atoms with Gasteiger partial charge in [0.1, 0.15) is 0 Å². The molecule has 0 bridgehead atoms. The number of carboxylic acid groups (broad SMARTS) is 2. The summed E-state index contributed by atoms with van der Waals surface area (Å²) in [6, 6.07) is 4.27. The predicted molar refractivity (Wildman–Crippen MR) is 92.6 cm³/mol. The van der Waals surface area contributed by atoms with Crippen molar-refractivity contribution in [2.24, 2.45) is 15.2 Å². The fourth-order valence-electron chi connectivity index (χ4n) is 1.62. The molecule has 3 N–H and O–H groups in total. The molecule has 0 radical (unpaired) electrons. The molecule has 1 heterocycles. The van der Waals surface area contributed by atoms with Gasteiger partial charge in [-0.3, -0.25) is 14.6 Å². The highest BCUT2D eigenvalue weighted by atomic mass is 16.4. The summed E-state index contributed by atoms with van der Waals surface area (Å²) in [7, 11) is 0. The molecule has 1 aliphatic heterocycles. The van der Waals surface area contributed by atoms with Gasteiger partial charge in [-0.2, -0.15) is 20.8 Å². The lowest BCUT2D eigenvalue weighted by atomic mass is 9.97. The van der Waals surface area contributed by atoms with E-state index in [9.17, 15) is 9.59 Å². The lowest BCUT2D eigenvalue weighted by Crippen LogP contribution is -2.25. The molecule has 10 nitrogen and oxygen atoms in total. The average molecular weight is 364 g/mol. The Morgan fingerprint density at radius 2 is 1.58 bits per heavy atom. The van der Waals surface area contributed by atoms with Crippen LogP contribution in [-0.4, -0.2) is 52.2 Å². The van der Waals surface area contributed by atoms with Crippen LogP contribution in [0.3, 0.4) is 0 Å². The third-order valence-corrected chi connectivity index (χ3v) is 3.45. The van der Waals surface area contributed by atoms with E-state index in [0.29, 0.717) is 6.04 Å². The minimum absolute atomic E-state index is 0.0389. The van der Waals surface area contributed by atoms with E-state index in [1.54, 1.807) is 6.34 Å². The molecule has 0 aliphatic carbocycles. The van der Waals surface area contributed by atoms with E-state index in [1.165, 1.54) is 13.8 Å².